The molecule has 1 fully saturated rings. The van der Waals surface area contributed by atoms with Crippen LogP contribution >= 0.6 is 0 Å². The fourth-order valence-electron chi connectivity index (χ4n) is 3.47. The number of amides is 1. The highest BCUT2D eigenvalue weighted by atomic mass is 16.5. The lowest BCUT2D eigenvalue weighted by molar-refractivity contribution is -0.117. The Labute approximate surface area is 181 Å². The number of ether oxygens (including phenoxy) is 1. The summed E-state index contributed by atoms with van der Waals surface area (Å²) >= 11 is 0. The van der Waals surface area contributed by atoms with Crippen molar-refractivity contribution >= 4 is 39.4 Å². The first kappa shape index (κ1) is 12.8. The van der Waals surface area contributed by atoms with Gasteiger partial charge in [0.25, 0.3) is 0 Å². The van der Waals surface area contributed by atoms with Crippen LogP contribution in [-0.4, -0.2) is 34.9 Å². The summed E-state index contributed by atoms with van der Waals surface area (Å²) < 4.78 is 55.3. The van der Waals surface area contributed by atoms with E-state index in [2.05, 4.69) is 25.6 Å². The molecule has 0 saturated heterocycles. The Morgan fingerprint density at radius 1 is 1.27 bits per heavy atom. The van der Waals surface area contributed by atoms with Crippen LogP contribution in [-0.2, 0) is 4.79 Å². The molecule has 4 aromatic rings. The largest absolute Gasteiger partial charge is 0.497 e. The number of oxazole rings is 1. The fraction of sp³-hybridized carbons (Fsp3) is 0.273. The van der Waals surface area contributed by atoms with Crippen LogP contribution in [0, 0.1) is 11.8 Å². The van der Waals surface area contributed by atoms with Crippen LogP contribution in [0.2, 0.25) is 0 Å². The zero-order valence-corrected chi connectivity index (χ0v) is 15.9. The van der Waals surface area contributed by atoms with Crippen molar-refractivity contribution in [3.05, 3.63) is 36.7 Å². The number of pyridine rings is 2. The SMILES string of the molecule is [2H]C([2H])([2H])Nc1ncc(-c2nc3cc(OC([2H])([2H])[2H])ccc3o2)c2cc(NC(=O)C3CC3C)ncc12. The summed E-state index contributed by atoms with van der Waals surface area (Å²) in [4.78, 5) is 25.4. The van der Waals surface area contributed by atoms with E-state index in [0.29, 0.717) is 39.2 Å². The third kappa shape index (κ3) is 3.10. The van der Waals surface area contributed by atoms with E-state index in [-0.39, 0.29) is 29.3 Å². The molecule has 2 unspecified atom stereocenters. The molecule has 0 radical (unpaired) electrons. The first-order valence-electron chi connectivity index (χ1n) is 12.3. The third-order valence-corrected chi connectivity index (χ3v) is 5.30. The number of hydrogen-bond donors (Lipinski definition) is 2. The van der Waals surface area contributed by atoms with Gasteiger partial charge < -0.3 is 19.8 Å². The van der Waals surface area contributed by atoms with Gasteiger partial charge in [-0.15, -0.1) is 0 Å². The number of carbonyl (C=O) groups excluding carboxylic acids is 1. The number of hydrogen-bond acceptors (Lipinski definition) is 7. The number of methoxy groups -OCH3 is 1. The van der Waals surface area contributed by atoms with Crippen molar-refractivity contribution in [1.29, 1.82) is 0 Å². The normalized spacial score (nSPS) is 21.6. The van der Waals surface area contributed by atoms with Crippen molar-refractivity contribution < 1.29 is 22.2 Å². The standard InChI is InChI=1S/C22H21N5O3/c1-11-6-13(11)21(28)27-19-8-14-15(9-24-19)20(23-2)25-10-16(14)22-26-17-7-12(29-3)4-5-18(17)30-22/h4-5,7-11,13H,6H2,1-3H3,(H,23,25)(H,24,27,28)/i2D3,3D3. The topological polar surface area (TPSA) is 102 Å². The van der Waals surface area contributed by atoms with Gasteiger partial charge in [-0.2, -0.15) is 0 Å². The highest BCUT2D eigenvalue weighted by molar-refractivity contribution is 6.03. The summed E-state index contributed by atoms with van der Waals surface area (Å²) in [5.74, 6) is 0.770. The quantitative estimate of drug-likeness (QED) is 0.512. The molecule has 5 rings (SSSR count). The van der Waals surface area contributed by atoms with Gasteiger partial charge in [0.2, 0.25) is 11.8 Å². The number of anilines is 2. The second-order valence-electron chi connectivity index (χ2n) is 7.32. The molecule has 3 heterocycles. The maximum absolute atomic E-state index is 12.4. The number of fused-ring (bicyclic) bond motifs is 2. The average Bonchev–Trinajstić information content (AvgIpc) is 3.35. The van der Waals surface area contributed by atoms with E-state index in [9.17, 15) is 4.79 Å². The van der Waals surface area contributed by atoms with E-state index < -0.39 is 14.0 Å². The van der Waals surface area contributed by atoms with Gasteiger partial charge >= 0.3 is 0 Å². The average molecular weight is 409 g/mol. The molecule has 1 saturated carbocycles. The van der Waals surface area contributed by atoms with Crippen LogP contribution in [0.1, 0.15) is 21.6 Å². The number of aromatic nitrogens is 3. The molecule has 1 aliphatic carbocycles. The molecule has 2 N–H and O–H groups in total. The van der Waals surface area contributed by atoms with Gasteiger partial charge in [0, 0.05) is 46.2 Å². The molecule has 0 bridgehead atoms. The van der Waals surface area contributed by atoms with Gasteiger partial charge in [0.05, 0.1) is 16.7 Å². The highest BCUT2D eigenvalue weighted by Gasteiger charge is 2.39. The summed E-state index contributed by atoms with van der Waals surface area (Å²) in [7, 11) is -2.61. The minimum atomic E-state index is -2.61. The lowest BCUT2D eigenvalue weighted by Crippen LogP contribution is -2.15. The van der Waals surface area contributed by atoms with E-state index in [1.165, 1.54) is 30.6 Å². The highest BCUT2D eigenvalue weighted by Crippen LogP contribution is 2.39. The molecular formula is C22H21N5O3. The summed E-state index contributed by atoms with van der Waals surface area (Å²) in [5.41, 5.74) is 1.16. The first-order chi connectivity index (χ1) is 16.9. The van der Waals surface area contributed by atoms with Gasteiger partial charge in [-0.05, 0) is 30.5 Å². The third-order valence-electron chi connectivity index (χ3n) is 5.30. The molecule has 30 heavy (non-hydrogen) atoms. The van der Waals surface area contributed by atoms with E-state index in [1.807, 2.05) is 6.92 Å². The Balaban J connectivity index is 1.59. The molecule has 3 aromatic heterocycles. The van der Waals surface area contributed by atoms with Crippen LogP contribution in [0.4, 0.5) is 11.6 Å². The van der Waals surface area contributed by atoms with E-state index in [0.717, 1.165) is 6.42 Å². The molecule has 1 aliphatic rings. The summed E-state index contributed by atoms with van der Waals surface area (Å²) in [6.45, 7) is -0.496. The summed E-state index contributed by atoms with van der Waals surface area (Å²) in [6.07, 6.45) is 3.66. The predicted octanol–water partition coefficient (Wildman–Crippen LogP) is 4.08. The van der Waals surface area contributed by atoms with Gasteiger partial charge in [0.1, 0.15) is 22.9 Å². The number of rotatable bonds is 5. The summed E-state index contributed by atoms with van der Waals surface area (Å²) in [5, 5.41) is 6.08. The van der Waals surface area contributed by atoms with E-state index in [4.69, 9.17) is 17.4 Å². The Kier molecular flexibility index (Phi) is 2.98. The predicted molar refractivity (Wildman–Crippen MR) is 115 cm³/mol. The summed E-state index contributed by atoms with van der Waals surface area (Å²) in [6, 6.07) is 6.05. The van der Waals surface area contributed by atoms with Gasteiger partial charge in [0.15, 0.2) is 5.58 Å². The molecule has 1 aromatic carbocycles. The molecule has 2 atom stereocenters. The number of nitrogens with one attached hydrogen (secondary N) is 2. The molecular weight excluding hydrogens is 382 g/mol. The lowest BCUT2D eigenvalue weighted by atomic mass is 10.1. The minimum absolute atomic E-state index is 0.0597. The van der Waals surface area contributed by atoms with Crippen molar-refractivity contribution in [2.75, 3.05) is 24.6 Å². The molecule has 8 nitrogen and oxygen atoms in total. The smallest absolute Gasteiger partial charge is 0.229 e. The van der Waals surface area contributed by atoms with E-state index >= 15 is 0 Å². The Bertz CT molecular complexity index is 1480. The Hall–Kier alpha value is -3.68. The van der Waals surface area contributed by atoms with E-state index in [1.54, 1.807) is 6.07 Å². The molecule has 0 spiro atoms. The van der Waals surface area contributed by atoms with Gasteiger partial charge in [-0.25, -0.2) is 15.0 Å². The monoisotopic (exact) mass is 409 g/mol. The zero-order chi connectivity index (χ0) is 25.8. The van der Waals surface area contributed by atoms with Crippen LogP contribution < -0.4 is 15.4 Å². The molecule has 1 amide bonds. The van der Waals surface area contributed by atoms with Gasteiger partial charge in [-0.1, -0.05) is 6.92 Å². The second-order valence-corrected chi connectivity index (χ2v) is 7.32. The Morgan fingerprint density at radius 2 is 2.17 bits per heavy atom. The molecule has 8 heteroatoms. The van der Waals surface area contributed by atoms with Crippen LogP contribution in [0.15, 0.2) is 41.1 Å². The second kappa shape index (κ2) is 6.98. The number of nitrogens with zero attached hydrogens (tertiary/aromatic N) is 3. The number of carbonyl (C=O) groups is 1. The first-order valence-corrected chi connectivity index (χ1v) is 9.34. The minimum Gasteiger partial charge on any atom is -0.497 e. The van der Waals surface area contributed by atoms with Crippen LogP contribution in [0.25, 0.3) is 33.3 Å². The van der Waals surface area contributed by atoms with Crippen LogP contribution in [0.5, 0.6) is 5.75 Å². The van der Waals surface area contributed by atoms with Crippen molar-refractivity contribution in [1.82, 2.24) is 15.0 Å². The maximum atomic E-state index is 12.4. The number of benzene rings is 1. The van der Waals surface area contributed by atoms with Crippen molar-refractivity contribution in [2.45, 2.75) is 13.3 Å². The zero-order valence-electron chi connectivity index (χ0n) is 21.9. The van der Waals surface area contributed by atoms with Crippen molar-refractivity contribution in [3.8, 4) is 17.2 Å². The van der Waals surface area contributed by atoms with Crippen LogP contribution in [0.3, 0.4) is 0 Å². The van der Waals surface area contributed by atoms with Crippen molar-refractivity contribution in [2.24, 2.45) is 11.8 Å². The molecule has 152 valence electrons. The Morgan fingerprint density at radius 3 is 2.97 bits per heavy atom. The van der Waals surface area contributed by atoms with Crippen molar-refractivity contribution in [3.63, 3.8) is 0 Å². The fourth-order valence-corrected chi connectivity index (χ4v) is 3.47. The molecule has 0 aliphatic heterocycles. The maximum Gasteiger partial charge on any atom is 0.229 e. The lowest BCUT2D eigenvalue weighted by Gasteiger charge is -2.10. The van der Waals surface area contributed by atoms with Gasteiger partial charge in [-0.3, -0.25) is 4.79 Å².